The number of nitrogens with one attached hydrogen (secondary N) is 1. The fourth-order valence-electron chi connectivity index (χ4n) is 2.33. The molecule has 19 heavy (non-hydrogen) atoms. The lowest BCUT2D eigenvalue weighted by Crippen LogP contribution is -2.34. The molecule has 1 aromatic rings. The van der Waals surface area contributed by atoms with E-state index in [0.29, 0.717) is 0 Å². The third kappa shape index (κ3) is 3.81. The third-order valence-corrected chi connectivity index (χ3v) is 3.45. The van der Waals surface area contributed by atoms with E-state index in [1.807, 2.05) is 37.3 Å². The van der Waals surface area contributed by atoms with E-state index in [4.69, 9.17) is 0 Å². The van der Waals surface area contributed by atoms with Crippen LogP contribution in [0.4, 0.5) is 0 Å². The Morgan fingerprint density at radius 3 is 2.47 bits per heavy atom. The summed E-state index contributed by atoms with van der Waals surface area (Å²) in [5.41, 5.74) is 1.05. The summed E-state index contributed by atoms with van der Waals surface area (Å²) in [6.07, 6.45) is 2.05. The molecule has 1 aliphatic rings. The van der Waals surface area contributed by atoms with E-state index in [9.17, 15) is 9.59 Å². The molecule has 2 amide bonds. The van der Waals surface area contributed by atoms with Crippen LogP contribution in [-0.2, 0) is 9.59 Å². The quantitative estimate of drug-likeness (QED) is 0.840. The molecule has 0 radical (unpaired) electrons. The van der Waals surface area contributed by atoms with Crippen molar-refractivity contribution in [2.75, 3.05) is 13.1 Å². The van der Waals surface area contributed by atoms with Gasteiger partial charge in [-0.05, 0) is 25.3 Å². The number of benzene rings is 1. The van der Waals surface area contributed by atoms with Crippen molar-refractivity contribution in [1.29, 1.82) is 0 Å². The van der Waals surface area contributed by atoms with Crippen molar-refractivity contribution in [2.45, 2.75) is 32.2 Å². The number of carbonyl (C=O) groups is 2. The molecule has 0 bridgehead atoms. The van der Waals surface area contributed by atoms with Gasteiger partial charge in [-0.3, -0.25) is 9.59 Å². The van der Waals surface area contributed by atoms with E-state index >= 15 is 0 Å². The number of rotatable bonds is 4. The molecule has 1 heterocycles. The van der Waals surface area contributed by atoms with Crippen LogP contribution in [0.2, 0.25) is 0 Å². The van der Waals surface area contributed by atoms with Gasteiger partial charge in [-0.15, -0.1) is 0 Å². The lowest BCUT2D eigenvalue weighted by Gasteiger charge is -2.17. The Bertz CT molecular complexity index is 439. The zero-order valence-corrected chi connectivity index (χ0v) is 11.3. The molecular formula is C15H20N2O2. The first-order valence-corrected chi connectivity index (χ1v) is 6.79. The van der Waals surface area contributed by atoms with Crippen LogP contribution in [0.3, 0.4) is 0 Å². The first kappa shape index (κ1) is 13.6. The topological polar surface area (TPSA) is 49.4 Å². The minimum Gasteiger partial charge on any atom is -0.349 e. The van der Waals surface area contributed by atoms with Crippen LogP contribution in [0.5, 0.6) is 0 Å². The Morgan fingerprint density at radius 1 is 1.21 bits per heavy atom. The van der Waals surface area contributed by atoms with Gasteiger partial charge in [0, 0.05) is 13.1 Å². The number of hydrogen-bond acceptors (Lipinski definition) is 2. The predicted octanol–water partition coefficient (Wildman–Crippen LogP) is 1.88. The molecule has 1 atom stereocenters. The molecule has 1 unspecified atom stereocenters. The van der Waals surface area contributed by atoms with E-state index in [-0.39, 0.29) is 24.3 Å². The summed E-state index contributed by atoms with van der Waals surface area (Å²) in [6, 6.07) is 9.68. The van der Waals surface area contributed by atoms with Crippen molar-refractivity contribution in [3.05, 3.63) is 35.9 Å². The van der Waals surface area contributed by atoms with E-state index < -0.39 is 0 Å². The second kappa shape index (κ2) is 6.36. The second-order valence-corrected chi connectivity index (χ2v) is 4.96. The first-order chi connectivity index (χ1) is 9.16. The van der Waals surface area contributed by atoms with Crippen LogP contribution in [0.1, 0.15) is 37.8 Å². The SMILES string of the molecule is CC(NC(=O)CC(=O)N1CCCC1)c1ccccc1. The molecule has 0 aromatic heterocycles. The largest absolute Gasteiger partial charge is 0.349 e. The molecule has 1 aliphatic heterocycles. The summed E-state index contributed by atoms with van der Waals surface area (Å²) in [6.45, 7) is 3.51. The van der Waals surface area contributed by atoms with Gasteiger partial charge in [-0.2, -0.15) is 0 Å². The van der Waals surface area contributed by atoms with Gasteiger partial charge >= 0.3 is 0 Å². The van der Waals surface area contributed by atoms with Gasteiger partial charge in [0.05, 0.1) is 6.04 Å². The van der Waals surface area contributed by atoms with Crippen LogP contribution in [0.15, 0.2) is 30.3 Å². The van der Waals surface area contributed by atoms with E-state index in [2.05, 4.69) is 5.32 Å². The Balaban J connectivity index is 1.82. The molecule has 4 heteroatoms. The van der Waals surface area contributed by atoms with Crippen molar-refractivity contribution in [2.24, 2.45) is 0 Å². The summed E-state index contributed by atoms with van der Waals surface area (Å²) < 4.78 is 0. The number of amides is 2. The zero-order valence-electron chi connectivity index (χ0n) is 11.3. The average molecular weight is 260 g/mol. The van der Waals surface area contributed by atoms with E-state index in [0.717, 1.165) is 31.5 Å². The normalized spacial score (nSPS) is 16.2. The smallest absolute Gasteiger partial charge is 0.232 e. The molecular weight excluding hydrogens is 240 g/mol. The number of carbonyl (C=O) groups excluding carboxylic acids is 2. The molecule has 102 valence electrons. The third-order valence-electron chi connectivity index (χ3n) is 3.45. The van der Waals surface area contributed by atoms with Crippen LogP contribution < -0.4 is 5.32 Å². The van der Waals surface area contributed by atoms with Crippen LogP contribution in [0, 0.1) is 0 Å². The maximum atomic E-state index is 11.8. The van der Waals surface area contributed by atoms with Crippen molar-refractivity contribution in [1.82, 2.24) is 10.2 Å². The molecule has 4 nitrogen and oxygen atoms in total. The molecule has 0 aliphatic carbocycles. The molecule has 0 spiro atoms. The summed E-state index contributed by atoms with van der Waals surface area (Å²) in [4.78, 5) is 25.4. The van der Waals surface area contributed by atoms with Crippen LogP contribution >= 0.6 is 0 Å². The first-order valence-electron chi connectivity index (χ1n) is 6.79. The lowest BCUT2D eigenvalue weighted by atomic mass is 10.1. The van der Waals surface area contributed by atoms with Crippen LogP contribution in [0.25, 0.3) is 0 Å². The number of nitrogens with zero attached hydrogens (tertiary/aromatic N) is 1. The van der Waals surface area contributed by atoms with Gasteiger partial charge in [-0.25, -0.2) is 0 Å². The highest BCUT2D eigenvalue weighted by molar-refractivity contribution is 5.97. The number of hydrogen-bond donors (Lipinski definition) is 1. The molecule has 1 saturated heterocycles. The standard InChI is InChI=1S/C15H20N2O2/c1-12(13-7-3-2-4-8-13)16-14(18)11-15(19)17-9-5-6-10-17/h2-4,7-8,12H,5-6,9-11H2,1H3,(H,16,18). The highest BCUT2D eigenvalue weighted by Crippen LogP contribution is 2.12. The summed E-state index contributed by atoms with van der Waals surface area (Å²) in [5, 5.41) is 2.86. The maximum absolute atomic E-state index is 11.8. The minimum absolute atomic E-state index is 0.0445. The Hall–Kier alpha value is -1.84. The average Bonchev–Trinajstić information content (AvgIpc) is 2.93. The van der Waals surface area contributed by atoms with Crippen molar-refractivity contribution < 1.29 is 9.59 Å². The highest BCUT2D eigenvalue weighted by atomic mass is 16.2. The fraction of sp³-hybridized carbons (Fsp3) is 0.467. The predicted molar refractivity (Wildman–Crippen MR) is 73.4 cm³/mol. The van der Waals surface area contributed by atoms with E-state index in [1.165, 1.54) is 0 Å². The Labute approximate surface area is 113 Å². The minimum atomic E-state index is -0.201. The fourth-order valence-corrected chi connectivity index (χ4v) is 2.33. The summed E-state index contributed by atoms with van der Waals surface area (Å²) in [7, 11) is 0. The summed E-state index contributed by atoms with van der Waals surface area (Å²) in [5.74, 6) is -0.261. The van der Waals surface area contributed by atoms with Gasteiger partial charge in [0.1, 0.15) is 6.42 Å². The molecule has 1 fully saturated rings. The van der Waals surface area contributed by atoms with Crippen molar-refractivity contribution in [3.63, 3.8) is 0 Å². The van der Waals surface area contributed by atoms with Gasteiger partial charge in [0.15, 0.2) is 0 Å². The van der Waals surface area contributed by atoms with Crippen LogP contribution in [-0.4, -0.2) is 29.8 Å². The van der Waals surface area contributed by atoms with E-state index in [1.54, 1.807) is 4.90 Å². The monoisotopic (exact) mass is 260 g/mol. The summed E-state index contributed by atoms with van der Waals surface area (Å²) >= 11 is 0. The lowest BCUT2D eigenvalue weighted by molar-refractivity contribution is -0.135. The van der Waals surface area contributed by atoms with Gasteiger partial charge in [0.25, 0.3) is 0 Å². The highest BCUT2D eigenvalue weighted by Gasteiger charge is 2.21. The maximum Gasteiger partial charge on any atom is 0.232 e. The molecule has 1 N–H and O–H groups in total. The van der Waals surface area contributed by atoms with Gasteiger partial charge < -0.3 is 10.2 Å². The molecule has 0 saturated carbocycles. The van der Waals surface area contributed by atoms with Crippen molar-refractivity contribution >= 4 is 11.8 Å². The molecule has 1 aromatic carbocycles. The molecule has 2 rings (SSSR count). The van der Waals surface area contributed by atoms with Gasteiger partial charge in [-0.1, -0.05) is 30.3 Å². The zero-order chi connectivity index (χ0) is 13.7. The Morgan fingerprint density at radius 2 is 1.84 bits per heavy atom. The van der Waals surface area contributed by atoms with Gasteiger partial charge in [0.2, 0.25) is 11.8 Å². The number of likely N-dealkylation sites (tertiary alicyclic amines) is 1. The van der Waals surface area contributed by atoms with Crippen molar-refractivity contribution in [3.8, 4) is 0 Å². The second-order valence-electron chi connectivity index (χ2n) is 4.96. The Kier molecular flexibility index (Phi) is 4.55.